The van der Waals surface area contributed by atoms with E-state index in [1.54, 1.807) is 18.2 Å². The Bertz CT molecular complexity index is 868. The molecule has 2 aromatic heterocycles. The monoisotopic (exact) mass is 370 g/mol. The van der Waals surface area contributed by atoms with Gasteiger partial charge in [-0.3, -0.25) is 10.1 Å². The van der Waals surface area contributed by atoms with Gasteiger partial charge in [0.25, 0.3) is 5.91 Å². The predicted octanol–water partition coefficient (Wildman–Crippen LogP) is 4.37. The number of nitrogens with one attached hydrogen (secondary N) is 1. The van der Waals surface area contributed by atoms with Gasteiger partial charge >= 0.3 is 0 Å². The lowest BCUT2D eigenvalue weighted by molar-refractivity contribution is 0.102. The molecule has 2 heterocycles. The highest BCUT2D eigenvalue weighted by molar-refractivity contribution is 7.98. The Hall–Kier alpha value is -1.41. The Morgan fingerprint density at radius 3 is 2.91 bits per heavy atom. The molecule has 1 aromatic carbocycles. The maximum Gasteiger partial charge on any atom is 0.277 e. The molecule has 0 aliphatic rings. The van der Waals surface area contributed by atoms with Gasteiger partial charge in [-0.15, -0.1) is 0 Å². The summed E-state index contributed by atoms with van der Waals surface area (Å²) in [4.78, 5) is 24.7. The van der Waals surface area contributed by atoms with Crippen LogP contribution in [0, 0.1) is 0 Å². The summed E-state index contributed by atoms with van der Waals surface area (Å²) >= 11 is 14.6. The number of carbonyl (C=O) groups excluding carboxylic acids is 1. The first-order valence-corrected chi connectivity index (χ1v) is 8.80. The van der Waals surface area contributed by atoms with Crippen molar-refractivity contribution in [3.63, 3.8) is 0 Å². The Kier molecular flexibility index (Phi) is 4.49. The van der Waals surface area contributed by atoms with E-state index >= 15 is 0 Å². The molecule has 0 saturated heterocycles. The molecule has 3 aromatic rings. The first-order valence-electron chi connectivity index (χ1n) is 6.01. The van der Waals surface area contributed by atoms with Crippen LogP contribution in [0.3, 0.4) is 0 Å². The number of fused-ring (bicyclic) bond motifs is 1. The largest absolute Gasteiger partial charge is 0.296 e. The highest BCUT2D eigenvalue weighted by Crippen LogP contribution is 2.29. The van der Waals surface area contributed by atoms with Crippen LogP contribution < -0.4 is 5.32 Å². The van der Waals surface area contributed by atoms with Crippen molar-refractivity contribution in [1.29, 1.82) is 0 Å². The number of amides is 1. The van der Waals surface area contributed by atoms with Crippen molar-refractivity contribution >= 4 is 67.6 Å². The molecule has 112 valence electrons. The standard InChI is InChI=1S/C13H8Cl2N4OS2/c1-21-12-16-5-7(15)10(18-12)11(20)19-13-17-8-3-2-6(14)4-9(8)22-13/h2-5H,1H3,(H,17,19,20). The summed E-state index contributed by atoms with van der Waals surface area (Å²) in [7, 11) is 0. The number of thiazole rings is 1. The Labute approximate surface area is 144 Å². The van der Waals surface area contributed by atoms with Crippen LogP contribution in [0.25, 0.3) is 10.2 Å². The third-order valence-electron chi connectivity index (χ3n) is 2.69. The summed E-state index contributed by atoms with van der Waals surface area (Å²) < 4.78 is 0.890. The van der Waals surface area contributed by atoms with Crippen LogP contribution in [0.1, 0.15) is 10.5 Å². The summed E-state index contributed by atoms with van der Waals surface area (Å²) in [5.41, 5.74) is 0.890. The van der Waals surface area contributed by atoms with E-state index in [1.165, 1.54) is 29.3 Å². The molecular weight excluding hydrogens is 363 g/mol. The van der Waals surface area contributed by atoms with Gasteiger partial charge in [-0.25, -0.2) is 15.0 Å². The minimum atomic E-state index is -0.423. The zero-order chi connectivity index (χ0) is 15.7. The van der Waals surface area contributed by atoms with Crippen LogP contribution in [0.4, 0.5) is 5.13 Å². The molecule has 0 saturated carbocycles. The zero-order valence-electron chi connectivity index (χ0n) is 11.1. The number of hydrogen-bond acceptors (Lipinski definition) is 6. The molecule has 5 nitrogen and oxygen atoms in total. The molecule has 0 spiro atoms. The third kappa shape index (κ3) is 3.17. The third-order valence-corrected chi connectivity index (χ3v) is 4.70. The number of hydrogen-bond donors (Lipinski definition) is 1. The second kappa shape index (κ2) is 6.37. The van der Waals surface area contributed by atoms with E-state index in [4.69, 9.17) is 23.2 Å². The van der Waals surface area contributed by atoms with Crippen molar-refractivity contribution in [2.75, 3.05) is 11.6 Å². The molecule has 9 heteroatoms. The van der Waals surface area contributed by atoms with E-state index in [-0.39, 0.29) is 10.7 Å². The van der Waals surface area contributed by atoms with Crippen LogP contribution in [0.5, 0.6) is 0 Å². The van der Waals surface area contributed by atoms with Gasteiger partial charge in [0, 0.05) is 5.02 Å². The average Bonchev–Trinajstić information content (AvgIpc) is 2.88. The number of aromatic nitrogens is 3. The van der Waals surface area contributed by atoms with Crippen molar-refractivity contribution in [2.45, 2.75) is 5.16 Å². The Morgan fingerprint density at radius 1 is 1.32 bits per heavy atom. The quantitative estimate of drug-likeness (QED) is 0.547. The fourth-order valence-electron chi connectivity index (χ4n) is 1.72. The second-order valence-electron chi connectivity index (χ2n) is 4.14. The zero-order valence-corrected chi connectivity index (χ0v) is 14.3. The molecule has 22 heavy (non-hydrogen) atoms. The number of anilines is 1. The van der Waals surface area contributed by atoms with Gasteiger partial charge in [0.1, 0.15) is 0 Å². The number of thioether (sulfide) groups is 1. The molecule has 1 amide bonds. The fourth-order valence-corrected chi connectivity index (χ4v) is 3.37. The van der Waals surface area contributed by atoms with Gasteiger partial charge in [0.2, 0.25) is 0 Å². The van der Waals surface area contributed by atoms with E-state index in [0.717, 1.165) is 10.2 Å². The maximum absolute atomic E-state index is 12.3. The molecule has 0 unspecified atom stereocenters. The van der Waals surface area contributed by atoms with Crippen molar-refractivity contribution in [3.8, 4) is 0 Å². The van der Waals surface area contributed by atoms with E-state index in [1.807, 2.05) is 6.26 Å². The van der Waals surface area contributed by atoms with E-state index in [9.17, 15) is 4.79 Å². The molecular formula is C13H8Cl2N4OS2. The predicted molar refractivity (Wildman–Crippen MR) is 91.4 cm³/mol. The van der Waals surface area contributed by atoms with Crippen molar-refractivity contribution in [3.05, 3.63) is 40.1 Å². The molecule has 0 aliphatic heterocycles. The first kappa shape index (κ1) is 15.5. The number of carbonyl (C=O) groups is 1. The second-order valence-corrected chi connectivity index (χ2v) is 6.79. The number of benzene rings is 1. The lowest BCUT2D eigenvalue weighted by Gasteiger charge is -2.04. The molecule has 0 bridgehead atoms. The minimum absolute atomic E-state index is 0.123. The van der Waals surface area contributed by atoms with E-state index < -0.39 is 5.91 Å². The van der Waals surface area contributed by atoms with Crippen LogP contribution in [0.15, 0.2) is 29.6 Å². The molecule has 0 atom stereocenters. The van der Waals surface area contributed by atoms with Gasteiger partial charge in [0.15, 0.2) is 16.0 Å². The fraction of sp³-hybridized carbons (Fsp3) is 0.0769. The minimum Gasteiger partial charge on any atom is -0.296 e. The lowest BCUT2D eigenvalue weighted by Crippen LogP contribution is -2.15. The number of rotatable bonds is 3. The van der Waals surface area contributed by atoms with Crippen LogP contribution >= 0.6 is 46.3 Å². The summed E-state index contributed by atoms with van der Waals surface area (Å²) in [6.45, 7) is 0. The summed E-state index contributed by atoms with van der Waals surface area (Å²) in [6.07, 6.45) is 3.23. The smallest absolute Gasteiger partial charge is 0.277 e. The highest BCUT2D eigenvalue weighted by atomic mass is 35.5. The molecule has 1 N–H and O–H groups in total. The van der Waals surface area contributed by atoms with E-state index in [0.29, 0.717) is 15.3 Å². The van der Waals surface area contributed by atoms with Crippen LogP contribution in [-0.2, 0) is 0 Å². The molecule has 0 aliphatic carbocycles. The van der Waals surface area contributed by atoms with Crippen LogP contribution in [-0.4, -0.2) is 27.1 Å². The topological polar surface area (TPSA) is 67.8 Å². The van der Waals surface area contributed by atoms with Crippen LogP contribution in [0.2, 0.25) is 10.0 Å². The van der Waals surface area contributed by atoms with Crippen molar-refractivity contribution in [2.24, 2.45) is 0 Å². The highest BCUT2D eigenvalue weighted by Gasteiger charge is 2.16. The van der Waals surface area contributed by atoms with E-state index in [2.05, 4.69) is 20.3 Å². The summed E-state index contributed by atoms with van der Waals surface area (Å²) in [6, 6.07) is 5.35. The SMILES string of the molecule is CSc1ncc(Cl)c(C(=O)Nc2nc3ccc(Cl)cc3s2)n1. The molecule has 0 radical (unpaired) electrons. The van der Waals surface area contributed by atoms with Gasteiger partial charge < -0.3 is 0 Å². The lowest BCUT2D eigenvalue weighted by atomic mass is 10.3. The Balaban J connectivity index is 1.89. The Morgan fingerprint density at radius 2 is 2.14 bits per heavy atom. The van der Waals surface area contributed by atoms with Gasteiger partial charge in [-0.1, -0.05) is 46.3 Å². The van der Waals surface area contributed by atoms with Crippen molar-refractivity contribution < 1.29 is 4.79 Å². The van der Waals surface area contributed by atoms with Gasteiger partial charge in [0.05, 0.1) is 21.4 Å². The average molecular weight is 371 g/mol. The normalized spacial score (nSPS) is 10.9. The number of halogens is 2. The molecule has 0 fully saturated rings. The summed E-state index contributed by atoms with van der Waals surface area (Å²) in [5, 5.41) is 4.46. The molecule has 3 rings (SSSR count). The first-order chi connectivity index (χ1) is 10.6. The van der Waals surface area contributed by atoms with Gasteiger partial charge in [-0.2, -0.15) is 0 Å². The van der Waals surface area contributed by atoms with Gasteiger partial charge in [-0.05, 0) is 24.5 Å². The maximum atomic E-state index is 12.3. The number of nitrogens with zero attached hydrogens (tertiary/aromatic N) is 3. The summed E-state index contributed by atoms with van der Waals surface area (Å²) in [5.74, 6) is -0.423. The van der Waals surface area contributed by atoms with Crippen molar-refractivity contribution in [1.82, 2.24) is 15.0 Å².